The number of hydrogen-bond donors (Lipinski definition) is 2. The minimum Gasteiger partial charge on any atom is -0.392 e. The Kier molecular flexibility index (Phi) is 6.44. The predicted octanol–water partition coefficient (Wildman–Crippen LogP) is 1.90. The van der Waals surface area contributed by atoms with Crippen molar-refractivity contribution in [1.29, 1.82) is 0 Å². The van der Waals surface area contributed by atoms with E-state index in [1.165, 1.54) is 7.11 Å². The van der Waals surface area contributed by atoms with Crippen molar-refractivity contribution in [3.63, 3.8) is 0 Å². The van der Waals surface area contributed by atoms with Gasteiger partial charge >= 0.3 is 7.60 Å². The molecule has 1 unspecified atom stereocenters. The summed E-state index contributed by atoms with van der Waals surface area (Å²) in [6, 6.07) is 0. The molecule has 0 fully saturated rings. The van der Waals surface area contributed by atoms with Crippen LogP contribution in [0.15, 0.2) is 11.6 Å². The highest BCUT2D eigenvalue weighted by molar-refractivity contribution is 7.52. The zero-order valence-corrected chi connectivity index (χ0v) is 11.2. The van der Waals surface area contributed by atoms with Gasteiger partial charge in [0.25, 0.3) is 0 Å². The number of allylic oxidation sites excluding steroid dienone is 1. The second-order valence-electron chi connectivity index (χ2n) is 4.05. The van der Waals surface area contributed by atoms with Crippen LogP contribution in [0.3, 0.4) is 0 Å². The van der Waals surface area contributed by atoms with Crippen molar-refractivity contribution in [2.75, 3.05) is 19.9 Å². The van der Waals surface area contributed by atoms with Crippen LogP contribution in [0.25, 0.3) is 0 Å². The highest BCUT2D eigenvalue weighted by Gasteiger charge is 2.29. The number of aliphatic hydroxyl groups excluding tert-OH is 1. The second kappa shape index (κ2) is 6.52. The summed E-state index contributed by atoms with van der Waals surface area (Å²) >= 11 is 0. The van der Waals surface area contributed by atoms with Crippen LogP contribution >= 0.6 is 7.60 Å². The molecule has 0 spiro atoms. The molecule has 0 saturated carbocycles. The zero-order chi connectivity index (χ0) is 12.8. The minimum absolute atomic E-state index is 0.0110. The SMILES string of the molecule is COC(C)(C)OP(=O)(O)CC/C=C(\C)CO. The van der Waals surface area contributed by atoms with Gasteiger partial charge in [0.15, 0.2) is 5.79 Å². The zero-order valence-electron chi connectivity index (χ0n) is 10.3. The van der Waals surface area contributed by atoms with E-state index in [-0.39, 0.29) is 12.8 Å². The Labute approximate surface area is 96.6 Å². The molecule has 5 nitrogen and oxygen atoms in total. The van der Waals surface area contributed by atoms with Gasteiger partial charge in [0.05, 0.1) is 12.8 Å². The van der Waals surface area contributed by atoms with Gasteiger partial charge in [0.1, 0.15) is 0 Å². The fourth-order valence-electron chi connectivity index (χ4n) is 0.965. The Morgan fingerprint density at radius 2 is 2.06 bits per heavy atom. The van der Waals surface area contributed by atoms with Gasteiger partial charge in [-0.2, -0.15) is 0 Å². The van der Waals surface area contributed by atoms with Crippen molar-refractivity contribution < 1.29 is 23.8 Å². The smallest absolute Gasteiger partial charge is 0.330 e. The lowest BCUT2D eigenvalue weighted by atomic mass is 10.3. The van der Waals surface area contributed by atoms with E-state index in [2.05, 4.69) is 0 Å². The lowest BCUT2D eigenvalue weighted by Crippen LogP contribution is -2.25. The maximum Gasteiger partial charge on any atom is 0.330 e. The van der Waals surface area contributed by atoms with Crippen molar-refractivity contribution in [3.05, 3.63) is 11.6 Å². The van der Waals surface area contributed by atoms with Crippen LogP contribution in [-0.2, 0) is 13.8 Å². The van der Waals surface area contributed by atoms with Crippen LogP contribution < -0.4 is 0 Å². The van der Waals surface area contributed by atoms with Crippen molar-refractivity contribution >= 4 is 7.60 Å². The fraction of sp³-hybridized carbons (Fsp3) is 0.800. The van der Waals surface area contributed by atoms with Gasteiger partial charge in [-0.3, -0.25) is 9.09 Å². The molecule has 0 bridgehead atoms. The van der Waals surface area contributed by atoms with Gasteiger partial charge in [0.2, 0.25) is 0 Å². The van der Waals surface area contributed by atoms with Crippen molar-refractivity contribution in [1.82, 2.24) is 0 Å². The standard InChI is InChI=1S/C10H21O5P/c1-9(8-11)6-5-7-16(12,13)15-10(2,3)14-4/h6,11H,5,7-8H2,1-4H3,(H,12,13)/b9-6+. The van der Waals surface area contributed by atoms with Crippen molar-refractivity contribution in [3.8, 4) is 0 Å². The summed E-state index contributed by atoms with van der Waals surface area (Å²) in [5.74, 6) is -1.07. The second-order valence-corrected chi connectivity index (χ2v) is 5.96. The molecule has 16 heavy (non-hydrogen) atoms. The molecule has 0 heterocycles. The molecule has 0 aliphatic rings. The number of ether oxygens (including phenoxy) is 1. The number of hydrogen-bond acceptors (Lipinski definition) is 4. The van der Waals surface area contributed by atoms with E-state index in [1.807, 2.05) is 0 Å². The topological polar surface area (TPSA) is 76.0 Å². The first kappa shape index (κ1) is 15.8. The first-order valence-electron chi connectivity index (χ1n) is 5.06. The molecule has 0 aromatic carbocycles. The Hall–Kier alpha value is -0.190. The van der Waals surface area contributed by atoms with Gasteiger partial charge in [-0.15, -0.1) is 0 Å². The maximum atomic E-state index is 11.6. The molecule has 2 N–H and O–H groups in total. The number of aliphatic hydroxyl groups is 1. The molecule has 0 saturated heterocycles. The van der Waals surface area contributed by atoms with Gasteiger partial charge < -0.3 is 14.7 Å². The monoisotopic (exact) mass is 252 g/mol. The normalized spacial score (nSPS) is 17.2. The third-order valence-electron chi connectivity index (χ3n) is 2.01. The van der Waals surface area contributed by atoms with E-state index < -0.39 is 13.4 Å². The van der Waals surface area contributed by atoms with E-state index in [9.17, 15) is 9.46 Å². The van der Waals surface area contributed by atoms with Gasteiger partial charge in [-0.05, 0) is 27.2 Å². The van der Waals surface area contributed by atoms with E-state index in [0.717, 1.165) is 5.57 Å². The Morgan fingerprint density at radius 1 is 1.50 bits per heavy atom. The van der Waals surface area contributed by atoms with Crippen molar-refractivity contribution in [2.45, 2.75) is 33.0 Å². The van der Waals surface area contributed by atoms with Crippen LogP contribution in [0, 0.1) is 0 Å². The Balaban J connectivity index is 4.21. The van der Waals surface area contributed by atoms with Crippen LogP contribution in [0.1, 0.15) is 27.2 Å². The van der Waals surface area contributed by atoms with E-state index in [0.29, 0.717) is 6.42 Å². The molecule has 0 aliphatic heterocycles. The molecule has 0 aromatic heterocycles. The summed E-state index contributed by atoms with van der Waals surface area (Å²) in [6.07, 6.45) is 2.11. The maximum absolute atomic E-state index is 11.6. The summed E-state index contributed by atoms with van der Waals surface area (Å²) in [5, 5.41) is 8.74. The average Bonchev–Trinajstić information content (AvgIpc) is 2.15. The Bertz CT molecular complexity index is 285. The summed E-state index contributed by atoms with van der Waals surface area (Å²) in [7, 11) is -2.24. The molecule has 0 rings (SSSR count). The fourth-order valence-corrected chi connectivity index (χ4v) is 2.27. The summed E-state index contributed by atoms with van der Waals surface area (Å²) in [6.45, 7) is 4.86. The molecule has 1 atom stereocenters. The molecule has 96 valence electrons. The van der Waals surface area contributed by atoms with Gasteiger partial charge in [-0.1, -0.05) is 11.6 Å². The molecule has 0 aliphatic carbocycles. The third kappa shape index (κ3) is 7.14. The quantitative estimate of drug-likeness (QED) is 0.411. The van der Waals surface area contributed by atoms with Crippen LogP contribution in [-0.4, -0.2) is 35.7 Å². The summed E-state index contributed by atoms with van der Waals surface area (Å²) in [4.78, 5) is 9.53. The highest BCUT2D eigenvalue weighted by atomic mass is 31.2. The summed E-state index contributed by atoms with van der Waals surface area (Å²) < 4.78 is 21.5. The largest absolute Gasteiger partial charge is 0.392 e. The van der Waals surface area contributed by atoms with Gasteiger partial charge in [-0.25, -0.2) is 0 Å². The molecule has 0 radical (unpaired) electrons. The summed E-state index contributed by atoms with van der Waals surface area (Å²) in [5.41, 5.74) is 0.769. The molecule has 0 aromatic rings. The third-order valence-corrected chi connectivity index (χ3v) is 3.56. The van der Waals surface area contributed by atoms with Crippen LogP contribution in [0.2, 0.25) is 0 Å². The highest BCUT2D eigenvalue weighted by Crippen LogP contribution is 2.46. The lowest BCUT2D eigenvalue weighted by molar-refractivity contribution is -0.138. The molecule has 0 amide bonds. The van der Waals surface area contributed by atoms with Crippen LogP contribution in [0.4, 0.5) is 0 Å². The first-order chi connectivity index (χ1) is 7.22. The molecular weight excluding hydrogens is 231 g/mol. The Morgan fingerprint density at radius 3 is 2.50 bits per heavy atom. The lowest BCUT2D eigenvalue weighted by Gasteiger charge is -2.25. The van der Waals surface area contributed by atoms with Crippen LogP contribution in [0.5, 0.6) is 0 Å². The van der Waals surface area contributed by atoms with E-state index in [4.69, 9.17) is 14.4 Å². The minimum atomic E-state index is -3.65. The number of rotatable bonds is 7. The average molecular weight is 252 g/mol. The molecule has 6 heteroatoms. The van der Waals surface area contributed by atoms with Gasteiger partial charge in [0, 0.05) is 7.11 Å². The first-order valence-corrected chi connectivity index (χ1v) is 6.83. The number of methoxy groups -OCH3 is 1. The molecular formula is C10H21O5P. The van der Waals surface area contributed by atoms with Crippen molar-refractivity contribution in [2.24, 2.45) is 0 Å². The predicted molar refractivity (Wildman–Crippen MR) is 62.3 cm³/mol. The van der Waals surface area contributed by atoms with E-state index >= 15 is 0 Å². The van der Waals surface area contributed by atoms with E-state index in [1.54, 1.807) is 26.8 Å².